The number of benzene rings is 2. The van der Waals surface area contributed by atoms with E-state index in [-0.39, 0.29) is 6.61 Å². The molecule has 1 amide bonds. The van der Waals surface area contributed by atoms with Crippen LogP contribution in [0.5, 0.6) is 5.75 Å². The number of carbonyl (C=O) groups excluding carboxylic acids is 1. The molecule has 0 aromatic heterocycles. The Balaban J connectivity index is 2.12. The summed E-state index contributed by atoms with van der Waals surface area (Å²) >= 11 is 5.88. The zero-order valence-electron chi connectivity index (χ0n) is 11.5. The number of primary amides is 1. The molecule has 1 atom stereocenters. The van der Waals surface area contributed by atoms with Gasteiger partial charge in [-0.3, -0.25) is 4.79 Å². The molecule has 110 valence electrons. The number of aliphatic hydroxyl groups excluding tert-OH is 1. The molecule has 2 aromatic carbocycles. The lowest BCUT2D eigenvalue weighted by molar-refractivity contribution is 0.0967. The van der Waals surface area contributed by atoms with Crippen molar-refractivity contribution in [1.82, 2.24) is 0 Å². The number of rotatable bonds is 5. The predicted molar refractivity (Wildman–Crippen MR) is 81.6 cm³/mol. The topological polar surface area (TPSA) is 72.6 Å². The van der Waals surface area contributed by atoms with Crippen molar-refractivity contribution in [2.75, 3.05) is 6.61 Å². The fourth-order valence-electron chi connectivity index (χ4n) is 1.93. The third-order valence-electron chi connectivity index (χ3n) is 3.03. The summed E-state index contributed by atoms with van der Waals surface area (Å²) in [7, 11) is 0. The van der Waals surface area contributed by atoms with Crippen molar-refractivity contribution in [3.63, 3.8) is 0 Å². The first-order valence-electron chi connectivity index (χ1n) is 6.44. The standard InChI is InChI=1S/C16H16ClNO3/c1-10-5-6-13(16(18)20)15(7-10)21-9-14(19)11-3-2-4-12(17)8-11/h2-8,14,19H,9H2,1H3,(H2,18,20). The summed E-state index contributed by atoms with van der Waals surface area (Å²) in [5.41, 5.74) is 7.18. The van der Waals surface area contributed by atoms with Gasteiger partial charge in [-0.1, -0.05) is 29.8 Å². The SMILES string of the molecule is Cc1ccc(C(N)=O)c(OCC(O)c2cccc(Cl)c2)c1. The van der Waals surface area contributed by atoms with Crippen molar-refractivity contribution < 1.29 is 14.6 Å². The average Bonchev–Trinajstić information content (AvgIpc) is 2.44. The van der Waals surface area contributed by atoms with Crippen molar-refractivity contribution in [3.8, 4) is 5.75 Å². The maximum absolute atomic E-state index is 11.4. The lowest BCUT2D eigenvalue weighted by Gasteiger charge is -2.15. The molecule has 0 aliphatic heterocycles. The minimum Gasteiger partial charge on any atom is -0.490 e. The fraction of sp³-hybridized carbons (Fsp3) is 0.188. The van der Waals surface area contributed by atoms with E-state index < -0.39 is 12.0 Å². The molecule has 5 heteroatoms. The Labute approximate surface area is 128 Å². The quantitative estimate of drug-likeness (QED) is 0.892. The second kappa shape index (κ2) is 6.61. The first-order chi connectivity index (χ1) is 9.97. The number of ether oxygens (including phenoxy) is 1. The molecule has 0 radical (unpaired) electrons. The van der Waals surface area contributed by atoms with E-state index in [1.54, 1.807) is 42.5 Å². The van der Waals surface area contributed by atoms with Gasteiger partial charge in [0.05, 0.1) is 5.56 Å². The average molecular weight is 306 g/mol. The molecule has 0 aliphatic carbocycles. The molecule has 0 saturated heterocycles. The minimum atomic E-state index is -0.843. The predicted octanol–water partition coefficient (Wildman–Crippen LogP) is 2.86. The van der Waals surface area contributed by atoms with Gasteiger partial charge in [0, 0.05) is 5.02 Å². The molecule has 0 aliphatic rings. The summed E-state index contributed by atoms with van der Waals surface area (Å²) in [6, 6.07) is 12.0. The smallest absolute Gasteiger partial charge is 0.252 e. The molecule has 4 nitrogen and oxygen atoms in total. The molecule has 21 heavy (non-hydrogen) atoms. The van der Waals surface area contributed by atoms with Crippen LogP contribution < -0.4 is 10.5 Å². The van der Waals surface area contributed by atoms with E-state index in [1.165, 1.54) is 0 Å². The first kappa shape index (κ1) is 15.4. The van der Waals surface area contributed by atoms with E-state index >= 15 is 0 Å². The molecule has 0 saturated carbocycles. The monoisotopic (exact) mass is 305 g/mol. The molecular weight excluding hydrogens is 290 g/mol. The van der Waals surface area contributed by atoms with Gasteiger partial charge in [-0.15, -0.1) is 0 Å². The molecule has 0 spiro atoms. The van der Waals surface area contributed by atoms with E-state index in [2.05, 4.69) is 0 Å². The van der Waals surface area contributed by atoms with Gasteiger partial charge in [0.15, 0.2) is 0 Å². The highest BCUT2D eigenvalue weighted by atomic mass is 35.5. The number of aryl methyl sites for hydroxylation is 1. The Hall–Kier alpha value is -2.04. The lowest BCUT2D eigenvalue weighted by atomic mass is 10.1. The summed E-state index contributed by atoms with van der Waals surface area (Å²) < 4.78 is 5.54. The maximum Gasteiger partial charge on any atom is 0.252 e. The van der Waals surface area contributed by atoms with Crippen LogP contribution in [-0.4, -0.2) is 17.6 Å². The summed E-state index contributed by atoms with van der Waals surface area (Å²) in [4.78, 5) is 11.4. The Morgan fingerprint density at radius 3 is 2.76 bits per heavy atom. The van der Waals surface area contributed by atoms with Gasteiger partial charge in [0.1, 0.15) is 18.5 Å². The fourth-order valence-corrected chi connectivity index (χ4v) is 2.13. The second-order valence-corrected chi connectivity index (χ2v) is 5.18. The van der Waals surface area contributed by atoms with Gasteiger partial charge in [-0.2, -0.15) is 0 Å². The van der Waals surface area contributed by atoms with E-state index in [4.69, 9.17) is 22.1 Å². The third-order valence-corrected chi connectivity index (χ3v) is 3.27. The largest absolute Gasteiger partial charge is 0.490 e. The summed E-state index contributed by atoms with van der Waals surface area (Å²) in [6.07, 6.45) is -0.843. The van der Waals surface area contributed by atoms with Crippen molar-refractivity contribution in [2.24, 2.45) is 5.73 Å². The number of amides is 1. The number of nitrogens with two attached hydrogens (primary N) is 1. The van der Waals surface area contributed by atoms with Crippen LogP contribution in [0.25, 0.3) is 0 Å². The van der Waals surface area contributed by atoms with Crippen LogP contribution in [-0.2, 0) is 0 Å². The van der Waals surface area contributed by atoms with Crippen molar-refractivity contribution in [2.45, 2.75) is 13.0 Å². The minimum absolute atomic E-state index is 0.00404. The number of hydrogen-bond donors (Lipinski definition) is 2. The third kappa shape index (κ3) is 3.97. The Bertz CT molecular complexity index is 658. The number of halogens is 1. The van der Waals surface area contributed by atoms with Gasteiger partial charge >= 0.3 is 0 Å². The van der Waals surface area contributed by atoms with Crippen LogP contribution in [0.3, 0.4) is 0 Å². The lowest BCUT2D eigenvalue weighted by Crippen LogP contribution is -2.15. The van der Waals surface area contributed by atoms with Gasteiger partial charge in [0.2, 0.25) is 0 Å². The van der Waals surface area contributed by atoms with Crippen molar-refractivity contribution in [3.05, 3.63) is 64.2 Å². The summed E-state index contributed by atoms with van der Waals surface area (Å²) in [5, 5.41) is 10.6. The summed E-state index contributed by atoms with van der Waals surface area (Å²) in [6.45, 7) is 1.88. The van der Waals surface area contributed by atoms with Gasteiger partial charge < -0.3 is 15.6 Å². The Kier molecular flexibility index (Phi) is 4.83. The number of hydrogen-bond acceptors (Lipinski definition) is 3. The maximum atomic E-state index is 11.4. The molecular formula is C16H16ClNO3. The number of carbonyl (C=O) groups is 1. The number of aliphatic hydroxyl groups is 1. The van der Waals surface area contributed by atoms with Crippen molar-refractivity contribution in [1.29, 1.82) is 0 Å². The highest BCUT2D eigenvalue weighted by Gasteiger charge is 2.13. The molecule has 1 unspecified atom stereocenters. The Morgan fingerprint density at radius 2 is 2.10 bits per heavy atom. The Morgan fingerprint density at radius 1 is 1.33 bits per heavy atom. The van der Waals surface area contributed by atoms with Crippen LogP contribution in [0.4, 0.5) is 0 Å². The molecule has 2 rings (SSSR count). The van der Waals surface area contributed by atoms with Crippen LogP contribution in [0, 0.1) is 6.92 Å². The van der Waals surface area contributed by atoms with Crippen LogP contribution >= 0.6 is 11.6 Å². The molecule has 0 fully saturated rings. The zero-order valence-corrected chi connectivity index (χ0v) is 12.3. The van der Waals surface area contributed by atoms with E-state index in [0.29, 0.717) is 21.9 Å². The van der Waals surface area contributed by atoms with Gasteiger partial charge in [-0.25, -0.2) is 0 Å². The zero-order chi connectivity index (χ0) is 15.4. The molecule has 2 aromatic rings. The summed E-state index contributed by atoms with van der Waals surface area (Å²) in [5.74, 6) is -0.203. The van der Waals surface area contributed by atoms with Crippen LogP contribution in [0.1, 0.15) is 27.6 Å². The highest BCUT2D eigenvalue weighted by molar-refractivity contribution is 6.30. The van der Waals surface area contributed by atoms with E-state index in [9.17, 15) is 9.90 Å². The molecule has 0 heterocycles. The van der Waals surface area contributed by atoms with Crippen LogP contribution in [0.2, 0.25) is 5.02 Å². The van der Waals surface area contributed by atoms with Crippen molar-refractivity contribution >= 4 is 17.5 Å². The van der Waals surface area contributed by atoms with E-state index in [0.717, 1.165) is 5.56 Å². The normalized spacial score (nSPS) is 12.0. The molecule has 3 N–H and O–H groups in total. The van der Waals surface area contributed by atoms with Gasteiger partial charge in [-0.05, 0) is 42.3 Å². The van der Waals surface area contributed by atoms with Crippen LogP contribution in [0.15, 0.2) is 42.5 Å². The van der Waals surface area contributed by atoms with Gasteiger partial charge in [0.25, 0.3) is 5.91 Å². The second-order valence-electron chi connectivity index (χ2n) is 4.75. The molecule has 0 bridgehead atoms. The highest BCUT2D eigenvalue weighted by Crippen LogP contribution is 2.23. The first-order valence-corrected chi connectivity index (χ1v) is 6.82. The van der Waals surface area contributed by atoms with E-state index in [1.807, 2.05) is 6.92 Å².